The van der Waals surface area contributed by atoms with Crippen molar-refractivity contribution in [2.24, 2.45) is 0 Å². The number of aryl methyl sites for hydroxylation is 1. The molecule has 1 N–H and O–H groups in total. The third-order valence-electron chi connectivity index (χ3n) is 3.33. The van der Waals surface area contributed by atoms with Crippen molar-refractivity contribution in [3.8, 4) is 11.8 Å². The van der Waals surface area contributed by atoms with Crippen molar-refractivity contribution in [2.75, 3.05) is 12.4 Å². The highest BCUT2D eigenvalue weighted by Crippen LogP contribution is 2.29. The molecule has 0 unspecified atom stereocenters. The summed E-state index contributed by atoms with van der Waals surface area (Å²) in [6, 6.07) is 10.9. The lowest BCUT2D eigenvalue weighted by Gasteiger charge is -2.08. The fraction of sp³-hybridized carbons (Fsp3) is 0.111. The van der Waals surface area contributed by atoms with Crippen LogP contribution in [0.25, 0.3) is 6.08 Å². The van der Waals surface area contributed by atoms with E-state index in [2.05, 4.69) is 50.5 Å². The van der Waals surface area contributed by atoms with E-state index in [9.17, 15) is 10.1 Å². The van der Waals surface area contributed by atoms with Crippen LogP contribution in [0, 0.1) is 25.4 Å². The molecule has 0 aliphatic heterocycles. The molecule has 0 heterocycles. The van der Waals surface area contributed by atoms with Gasteiger partial charge in [0.2, 0.25) is 0 Å². The molecule has 0 spiro atoms. The van der Waals surface area contributed by atoms with E-state index in [0.717, 1.165) is 24.0 Å². The van der Waals surface area contributed by atoms with Crippen molar-refractivity contribution < 1.29 is 9.53 Å². The molecule has 2 aromatic carbocycles. The van der Waals surface area contributed by atoms with Gasteiger partial charge in [-0.05, 0) is 93.6 Å². The van der Waals surface area contributed by atoms with Crippen molar-refractivity contribution in [1.29, 1.82) is 5.26 Å². The second kappa shape index (κ2) is 8.87. The Hall–Kier alpha value is -1.31. The molecule has 1 amide bonds. The molecule has 2 aromatic rings. The summed E-state index contributed by atoms with van der Waals surface area (Å²) in [4.78, 5) is 12.4. The molecular weight excluding hydrogens is 565 g/mol. The Morgan fingerprint density at radius 2 is 1.92 bits per heavy atom. The average molecular weight is 579 g/mol. The first kappa shape index (κ1) is 20.0. The summed E-state index contributed by atoms with van der Waals surface area (Å²) >= 11 is 10.4. The van der Waals surface area contributed by atoms with Gasteiger partial charge in [0.15, 0.2) is 0 Å². The van der Waals surface area contributed by atoms with Gasteiger partial charge in [-0.1, -0.05) is 17.7 Å². The zero-order chi connectivity index (χ0) is 18.6. The Kier molecular flexibility index (Phi) is 7.10. The SMILES string of the molecule is COc1c(I)cc(/C=C(\C#N)C(=O)Nc2ccc(C)c(Cl)c2)cc1I. The van der Waals surface area contributed by atoms with Crippen molar-refractivity contribution in [1.82, 2.24) is 0 Å². The van der Waals surface area contributed by atoms with E-state index in [-0.39, 0.29) is 5.57 Å². The van der Waals surface area contributed by atoms with Gasteiger partial charge in [0.25, 0.3) is 5.91 Å². The molecule has 2 rings (SSSR count). The largest absolute Gasteiger partial charge is 0.495 e. The molecule has 0 radical (unpaired) electrons. The number of nitriles is 1. The maximum Gasteiger partial charge on any atom is 0.266 e. The molecule has 0 fully saturated rings. The quantitative estimate of drug-likeness (QED) is 0.300. The number of benzene rings is 2. The van der Waals surface area contributed by atoms with E-state index in [1.54, 1.807) is 25.3 Å². The summed E-state index contributed by atoms with van der Waals surface area (Å²) in [5, 5.41) is 12.6. The van der Waals surface area contributed by atoms with Crippen LogP contribution in [-0.2, 0) is 4.79 Å². The first-order valence-electron chi connectivity index (χ1n) is 7.08. The van der Waals surface area contributed by atoms with Gasteiger partial charge in [0, 0.05) is 10.7 Å². The summed E-state index contributed by atoms with van der Waals surface area (Å²) in [5.74, 6) is 0.291. The van der Waals surface area contributed by atoms with Gasteiger partial charge in [0.05, 0.1) is 14.3 Å². The number of carbonyl (C=O) groups is 1. The van der Waals surface area contributed by atoms with Crippen LogP contribution in [0.2, 0.25) is 5.02 Å². The summed E-state index contributed by atoms with van der Waals surface area (Å²) in [7, 11) is 1.61. The zero-order valence-electron chi connectivity index (χ0n) is 13.4. The summed E-state index contributed by atoms with van der Waals surface area (Å²) in [6.07, 6.45) is 1.55. The Bertz CT molecular complexity index is 881. The van der Waals surface area contributed by atoms with Gasteiger partial charge >= 0.3 is 0 Å². The van der Waals surface area contributed by atoms with Gasteiger partial charge in [-0.25, -0.2) is 0 Å². The van der Waals surface area contributed by atoms with Crippen molar-refractivity contribution in [3.05, 3.63) is 59.2 Å². The molecule has 4 nitrogen and oxygen atoms in total. The van der Waals surface area contributed by atoms with Gasteiger partial charge in [-0.15, -0.1) is 0 Å². The predicted molar refractivity (Wildman–Crippen MR) is 117 cm³/mol. The monoisotopic (exact) mass is 578 g/mol. The van der Waals surface area contributed by atoms with E-state index in [1.165, 1.54) is 0 Å². The van der Waals surface area contributed by atoms with Crippen molar-refractivity contribution in [2.45, 2.75) is 6.92 Å². The van der Waals surface area contributed by atoms with Crippen LogP contribution in [-0.4, -0.2) is 13.0 Å². The lowest BCUT2D eigenvalue weighted by molar-refractivity contribution is -0.112. The minimum absolute atomic E-state index is 0.00784. The molecule has 128 valence electrons. The number of nitrogens with one attached hydrogen (secondary N) is 1. The van der Waals surface area contributed by atoms with E-state index in [1.807, 2.05) is 31.2 Å². The topological polar surface area (TPSA) is 62.1 Å². The van der Waals surface area contributed by atoms with E-state index in [4.69, 9.17) is 16.3 Å². The smallest absolute Gasteiger partial charge is 0.266 e. The summed E-state index contributed by atoms with van der Waals surface area (Å²) < 4.78 is 7.12. The zero-order valence-corrected chi connectivity index (χ0v) is 18.4. The van der Waals surface area contributed by atoms with Crippen LogP contribution >= 0.6 is 56.8 Å². The molecule has 25 heavy (non-hydrogen) atoms. The lowest BCUT2D eigenvalue weighted by Crippen LogP contribution is -2.13. The molecular formula is C18H13ClI2N2O2. The number of anilines is 1. The molecule has 0 saturated carbocycles. The average Bonchev–Trinajstić information content (AvgIpc) is 2.55. The maximum atomic E-state index is 12.4. The van der Waals surface area contributed by atoms with E-state index < -0.39 is 5.91 Å². The predicted octanol–water partition coefficient (Wildman–Crippen LogP) is 5.41. The number of methoxy groups -OCH3 is 1. The number of amides is 1. The minimum atomic E-state index is -0.483. The fourth-order valence-corrected chi connectivity index (χ4v) is 4.48. The number of halogens is 3. The van der Waals surface area contributed by atoms with Crippen LogP contribution in [0.5, 0.6) is 5.75 Å². The first-order chi connectivity index (χ1) is 11.8. The Morgan fingerprint density at radius 1 is 1.28 bits per heavy atom. The second-order valence-electron chi connectivity index (χ2n) is 5.11. The summed E-state index contributed by atoms with van der Waals surface area (Å²) in [5.41, 5.74) is 2.22. The van der Waals surface area contributed by atoms with Crippen molar-refractivity contribution in [3.63, 3.8) is 0 Å². The number of hydrogen-bond donors (Lipinski definition) is 1. The maximum absolute atomic E-state index is 12.4. The standard InChI is InChI=1S/C18H13ClI2N2O2/c1-10-3-4-13(8-14(10)19)23-18(24)12(9-22)5-11-6-15(20)17(25-2)16(21)7-11/h3-8H,1-2H3,(H,23,24)/b12-5+. The number of hydrogen-bond acceptors (Lipinski definition) is 3. The Labute approximate surface area is 178 Å². The molecule has 0 bridgehead atoms. The second-order valence-corrected chi connectivity index (χ2v) is 7.84. The molecule has 0 saturated heterocycles. The highest BCUT2D eigenvalue weighted by atomic mass is 127. The molecule has 0 aromatic heterocycles. The fourth-order valence-electron chi connectivity index (χ4n) is 2.04. The van der Waals surface area contributed by atoms with Gasteiger partial charge < -0.3 is 10.1 Å². The number of carbonyl (C=O) groups excluding carboxylic acids is 1. The third-order valence-corrected chi connectivity index (χ3v) is 5.34. The van der Waals surface area contributed by atoms with Crippen LogP contribution in [0.4, 0.5) is 5.69 Å². The lowest BCUT2D eigenvalue weighted by atomic mass is 10.1. The van der Waals surface area contributed by atoms with Crippen LogP contribution in [0.3, 0.4) is 0 Å². The molecule has 0 aliphatic carbocycles. The van der Waals surface area contributed by atoms with Crippen LogP contribution in [0.15, 0.2) is 35.9 Å². The Morgan fingerprint density at radius 3 is 2.44 bits per heavy atom. The number of nitrogens with zero attached hydrogens (tertiary/aromatic N) is 1. The first-order valence-corrected chi connectivity index (χ1v) is 9.61. The number of ether oxygens (including phenoxy) is 1. The highest BCUT2D eigenvalue weighted by molar-refractivity contribution is 14.1. The molecule has 7 heteroatoms. The normalized spacial score (nSPS) is 11.0. The van der Waals surface area contributed by atoms with E-state index >= 15 is 0 Å². The highest BCUT2D eigenvalue weighted by Gasteiger charge is 2.12. The van der Waals surface area contributed by atoms with Gasteiger partial charge in [0.1, 0.15) is 17.4 Å². The van der Waals surface area contributed by atoms with Crippen molar-refractivity contribution >= 4 is 74.5 Å². The van der Waals surface area contributed by atoms with Gasteiger partial charge in [-0.3, -0.25) is 4.79 Å². The van der Waals surface area contributed by atoms with Gasteiger partial charge in [-0.2, -0.15) is 5.26 Å². The number of rotatable bonds is 4. The molecule has 0 aliphatic rings. The van der Waals surface area contributed by atoms with Crippen LogP contribution in [0.1, 0.15) is 11.1 Å². The Balaban J connectivity index is 2.29. The summed E-state index contributed by atoms with van der Waals surface area (Å²) in [6.45, 7) is 1.88. The minimum Gasteiger partial charge on any atom is -0.495 e. The van der Waals surface area contributed by atoms with E-state index in [0.29, 0.717) is 10.7 Å². The third kappa shape index (κ3) is 5.09. The van der Waals surface area contributed by atoms with Crippen LogP contribution < -0.4 is 10.1 Å². The molecule has 0 atom stereocenters.